The highest BCUT2D eigenvalue weighted by molar-refractivity contribution is 7.07. The minimum Gasteiger partial charge on any atom is -0.467 e. The van der Waals surface area contributed by atoms with Gasteiger partial charge in [-0.05, 0) is 6.92 Å². The maximum atomic E-state index is 12.0. The number of benzene rings is 1. The molecule has 0 spiro atoms. The number of carbonyl (C=O) groups excluding carboxylic acids is 1. The van der Waals surface area contributed by atoms with Crippen LogP contribution in [0.3, 0.4) is 0 Å². The third-order valence-corrected chi connectivity index (χ3v) is 4.77. The van der Waals surface area contributed by atoms with Crippen molar-refractivity contribution < 1.29 is 23.9 Å². The van der Waals surface area contributed by atoms with Crippen LogP contribution in [0.4, 0.5) is 5.69 Å². The fourth-order valence-electron chi connectivity index (χ4n) is 2.60. The molecule has 0 fully saturated rings. The molecule has 0 N–H and O–H groups in total. The molecule has 0 unspecified atom stereocenters. The van der Waals surface area contributed by atoms with Gasteiger partial charge in [-0.1, -0.05) is 11.3 Å². The van der Waals surface area contributed by atoms with Crippen molar-refractivity contribution in [2.24, 2.45) is 0 Å². The van der Waals surface area contributed by atoms with Crippen LogP contribution in [0, 0.1) is 17.0 Å². The van der Waals surface area contributed by atoms with E-state index in [1.165, 1.54) is 16.7 Å². The van der Waals surface area contributed by atoms with Gasteiger partial charge in [0.1, 0.15) is 12.4 Å². The summed E-state index contributed by atoms with van der Waals surface area (Å²) in [7, 11) is 0. The molecule has 0 bridgehead atoms. The van der Waals surface area contributed by atoms with Crippen LogP contribution in [0.15, 0.2) is 22.3 Å². The zero-order valence-electron chi connectivity index (χ0n) is 13.9. The van der Waals surface area contributed by atoms with Gasteiger partial charge in [0, 0.05) is 40.9 Å². The van der Waals surface area contributed by atoms with Crippen LogP contribution in [0.25, 0.3) is 0 Å². The predicted octanol–water partition coefficient (Wildman–Crippen LogP) is 2.13. The van der Waals surface area contributed by atoms with E-state index in [0.717, 1.165) is 17.0 Å². The number of nitrogens with zero attached hydrogens (tertiary/aromatic N) is 2. The Morgan fingerprint density at radius 2 is 2.27 bits per heavy atom. The number of nitro benzene ring substituents is 1. The summed E-state index contributed by atoms with van der Waals surface area (Å²) in [6.07, 6.45) is 0.0264. The van der Waals surface area contributed by atoms with Gasteiger partial charge in [-0.25, -0.2) is 0 Å². The van der Waals surface area contributed by atoms with E-state index in [0.29, 0.717) is 16.9 Å². The van der Waals surface area contributed by atoms with Gasteiger partial charge < -0.3 is 18.8 Å². The van der Waals surface area contributed by atoms with E-state index in [2.05, 4.69) is 0 Å². The Bertz CT molecular complexity index is 902. The summed E-state index contributed by atoms with van der Waals surface area (Å²) in [5, 5.41) is 12.8. The van der Waals surface area contributed by atoms with Crippen molar-refractivity contribution in [3.63, 3.8) is 0 Å². The third kappa shape index (κ3) is 3.92. The maximum absolute atomic E-state index is 12.0. The average molecular weight is 380 g/mol. The number of aromatic nitrogens is 1. The molecule has 26 heavy (non-hydrogen) atoms. The lowest BCUT2D eigenvalue weighted by atomic mass is 10.1. The Balaban J connectivity index is 1.67. The molecule has 1 aromatic heterocycles. The van der Waals surface area contributed by atoms with Crippen LogP contribution >= 0.6 is 11.3 Å². The minimum atomic E-state index is -0.522. The number of thiazole rings is 1. The molecule has 2 aromatic rings. The van der Waals surface area contributed by atoms with E-state index in [1.54, 1.807) is 12.3 Å². The van der Waals surface area contributed by atoms with E-state index in [9.17, 15) is 19.7 Å². The first-order valence-corrected chi connectivity index (χ1v) is 8.65. The Morgan fingerprint density at radius 3 is 2.96 bits per heavy atom. The van der Waals surface area contributed by atoms with Crippen LogP contribution < -0.4 is 9.61 Å². The highest BCUT2D eigenvalue weighted by atomic mass is 32.1. The van der Waals surface area contributed by atoms with Crippen molar-refractivity contribution in [2.75, 3.05) is 6.79 Å². The van der Waals surface area contributed by atoms with Crippen molar-refractivity contribution in [3.05, 3.63) is 54.1 Å². The molecule has 1 aliphatic heterocycles. The molecule has 0 amide bonds. The Kier molecular flexibility index (Phi) is 5.33. The molecule has 0 radical (unpaired) electrons. The van der Waals surface area contributed by atoms with Gasteiger partial charge in [-0.15, -0.1) is 0 Å². The second-order valence-corrected chi connectivity index (χ2v) is 6.49. The zero-order valence-corrected chi connectivity index (χ0v) is 14.7. The fraction of sp³-hybridized carbons (Fsp3) is 0.375. The maximum Gasteiger partial charge on any atom is 0.307 e. The smallest absolute Gasteiger partial charge is 0.307 e. The van der Waals surface area contributed by atoms with Gasteiger partial charge in [0.25, 0.3) is 5.69 Å². The number of ether oxygens (including phenoxy) is 3. The zero-order chi connectivity index (χ0) is 18.7. The molecule has 0 aliphatic carbocycles. The lowest BCUT2D eigenvalue weighted by molar-refractivity contribution is -0.385. The van der Waals surface area contributed by atoms with E-state index < -0.39 is 10.9 Å². The van der Waals surface area contributed by atoms with Gasteiger partial charge >= 0.3 is 10.8 Å². The number of nitro groups is 1. The Hall–Kier alpha value is -2.72. The standard InChI is InChI=1S/C16H16N2O7S/c1-10-8-26-16(20)17(10)3-2-14(19)24-7-12-5-13(18(21)22)4-11-6-23-9-25-15(11)12/h4-5,8H,2-3,6-7,9H2,1H3. The molecule has 138 valence electrons. The Morgan fingerprint density at radius 1 is 1.46 bits per heavy atom. The highest BCUT2D eigenvalue weighted by Crippen LogP contribution is 2.33. The summed E-state index contributed by atoms with van der Waals surface area (Å²) in [5.41, 5.74) is 1.62. The van der Waals surface area contributed by atoms with Crippen LogP contribution in [0.1, 0.15) is 23.2 Å². The Labute approximate surface area is 151 Å². The lowest BCUT2D eigenvalue weighted by Gasteiger charge is -2.20. The lowest BCUT2D eigenvalue weighted by Crippen LogP contribution is -2.18. The molecular formula is C16H16N2O7S. The summed E-state index contributed by atoms with van der Waals surface area (Å²) in [6.45, 7) is 2.09. The van der Waals surface area contributed by atoms with E-state index in [-0.39, 0.29) is 43.5 Å². The van der Waals surface area contributed by atoms with Gasteiger partial charge in [0.05, 0.1) is 18.0 Å². The van der Waals surface area contributed by atoms with Gasteiger partial charge in [0.15, 0.2) is 6.79 Å². The average Bonchev–Trinajstić information content (AvgIpc) is 2.95. The second kappa shape index (κ2) is 7.67. The molecule has 10 heteroatoms. The fourth-order valence-corrected chi connectivity index (χ4v) is 3.36. The SMILES string of the molecule is Cc1csc(=O)n1CCC(=O)OCc1cc([N+](=O)[O-])cc2c1OCOC2. The quantitative estimate of drug-likeness (QED) is 0.429. The van der Waals surface area contributed by atoms with Crippen LogP contribution in [0.2, 0.25) is 0 Å². The molecule has 0 saturated heterocycles. The topological polar surface area (TPSA) is 110 Å². The molecule has 2 heterocycles. The molecule has 0 atom stereocenters. The van der Waals surface area contributed by atoms with E-state index >= 15 is 0 Å². The normalized spacial score (nSPS) is 13.0. The van der Waals surface area contributed by atoms with Gasteiger partial charge in [-0.3, -0.25) is 19.7 Å². The van der Waals surface area contributed by atoms with Crippen LogP contribution in [0.5, 0.6) is 5.75 Å². The monoisotopic (exact) mass is 380 g/mol. The summed E-state index contributed by atoms with van der Waals surface area (Å²) in [5.74, 6) is -0.0608. The first-order valence-electron chi connectivity index (χ1n) is 7.77. The van der Waals surface area contributed by atoms with Crippen LogP contribution in [-0.4, -0.2) is 22.3 Å². The number of esters is 1. The van der Waals surface area contributed by atoms with Gasteiger partial charge in [-0.2, -0.15) is 0 Å². The van der Waals surface area contributed by atoms with Crippen molar-refractivity contribution >= 4 is 23.0 Å². The number of hydrogen-bond acceptors (Lipinski definition) is 8. The number of aryl methyl sites for hydroxylation is 1. The van der Waals surface area contributed by atoms with E-state index in [1.807, 2.05) is 0 Å². The summed E-state index contributed by atoms with van der Waals surface area (Å²) in [4.78, 5) is 34.0. The molecule has 1 aliphatic rings. The van der Waals surface area contributed by atoms with Crippen molar-refractivity contribution in [2.45, 2.75) is 33.1 Å². The molecule has 1 aromatic carbocycles. The first kappa shape index (κ1) is 18.1. The minimum absolute atomic E-state index is 0.0264. The molecule has 0 saturated carbocycles. The summed E-state index contributed by atoms with van der Waals surface area (Å²) >= 11 is 1.08. The highest BCUT2D eigenvalue weighted by Gasteiger charge is 2.21. The van der Waals surface area contributed by atoms with Crippen molar-refractivity contribution in [1.82, 2.24) is 4.57 Å². The van der Waals surface area contributed by atoms with Crippen molar-refractivity contribution in [3.8, 4) is 5.75 Å². The van der Waals surface area contributed by atoms with Crippen LogP contribution in [-0.2, 0) is 34.0 Å². The number of rotatable bonds is 6. The molecule has 9 nitrogen and oxygen atoms in total. The number of carbonyl (C=O) groups is 1. The summed E-state index contributed by atoms with van der Waals surface area (Å²) in [6, 6.07) is 2.70. The molecular weight excluding hydrogens is 364 g/mol. The first-order chi connectivity index (χ1) is 12.5. The number of non-ortho nitro benzene ring substituents is 1. The second-order valence-electron chi connectivity index (χ2n) is 5.67. The summed E-state index contributed by atoms with van der Waals surface area (Å²) < 4.78 is 17.2. The third-order valence-electron chi connectivity index (χ3n) is 3.89. The molecule has 3 rings (SSSR count). The number of fused-ring (bicyclic) bond motifs is 1. The number of hydrogen-bond donors (Lipinski definition) is 0. The van der Waals surface area contributed by atoms with Crippen molar-refractivity contribution in [1.29, 1.82) is 0 Å². The van der Waals surface area contributed by atoms with E-state index in [4.69, 9.17) is 14.2 Å². The van der Waals surface area contributed by atoms with Gasteiger partial charge in [0.2, 0.25) is 0 Å². The predicted molar refractivity (Wildman–Crippen MR) is 91.1 cm³/mol. The largest absolute Gasteiger partial charge is 0.467 e.